The molecule has 0 aliphatic heterocycles. The lowest BCUT2D eigenvalue weighted by molar-refractivity contribution is -0.137. The van der Waals surface area contributed by atoms with Gasteiger partial charge < -0.3 is 20.7 Å². The quantitative estimate of drug-likeness (QED) is 0.260. The number of benzene rings is 2. The van der Waals surface area contributed by atoms with E-state index in [0.717, 1.165) is 23.3 Å². The van der Waals surface area contributed by atoms with Crippen molar-refractivity contribution < 1.29 is 28.0 Å². The highest BCUT2D eigenvalue weighted by Gasteiger charge is 2.30. The zero-order valence-corrected chi connectivity index (χ0v) is 19.6. The second-order valence-corrected chi connectivity index (χ2v) is 8.20. The molecule has 0 bridgehead atoms. The molecule has 0 fully saturated rings. The Morgan fingerprint density at radius 3 is 2.43 bits per heavy atom. The lowest BCUT2D eigenvalue weighted by Crippen LogP contribution is -2.51. The van der Waals surface area contributed by atoms with Gasteiger partial charge in [-0.05, 0) is 47.7 Å². The van der Waals surface area contributed by atoms with Gasteiger partial charge in [-0.3, -0.25) is 4.98 Å². The van der Waals surface area contributed by atoms with Crippen LogP contribution in [0.4, 0.5) is 18.0 Å². The van der Waals surface area contributed by atoms with Crippen LogP contribution in [0.3, 0.4) is 0 Å². The van der Waals surface area contributed by atoms with Gasteiger partial charge in [-0.2, -0.15) is 18.4 Å². The standard InChI is InChI=1S/C26H24BF3N4O3/c28-26(29,30)22-9-10-23(33-17-22)21(16-31)14-20-8-4-7-19(13-20)11-12-32-25(35)34-24(27(36)37)15-18-5-2-1-3-6-18/h1-10,13-14,17,24,36-37H,11-12,15H2,(H2,32,34,35). The molecule has 2 amide bonds. The average Bonchev–Trinajstić information content (AvgIpc) is 2.87. The third kappa shape index (κ3) is 8.49. The molecular formula is C26H24BF3N4O3. The van der Waals surface area contributed by atoms with Gasteiger partial charge in [0.25, 0.3) is 0 Å². The monoisotopic (exact) mass is 508 g/mol. The maximum absolute atomic E-state index is 12.8. The van der Waals surface area contributed by atoms with Crippen molar-refractivity contribution in [2.75, 3.05) is 6.54 Å². The zero-order valence-electron chi connectivity index (χ0n) is 19.6. The number of carbonyl (C=O) groups excluding carboxylic acids is 1. The lowest BCUT2D eigenvalue weighted by Gasteiger charge is -2.18. The van der Waals surface area contributed by atoms with E-state index in [9.17, 15) is 33.3 Å². The molecule has 1 atom stereocenters. The molecule has 0 saturated carbocycles. The molecule has 37 heavy (non-hydrogen) atoms. The maximum Gasteiger partial charge on any atom is 0.475 e. The van der Waals surface area contributed by atoms with Crippen LogP contribution in [0.5, 0.6) is 0 Å². The third-order valence-corrected chi connectivity index (χ3v) is 5.42. The van der Waals surface area contributed by atoms with E-state index in [1.54, 1.807) is 18.2 Å². The highest BCUT2D eigenvalue weighted by molar-refractivity contribution is 6.43. The molecule has 0 aliphatic rings. The average molecular weight is 508 g/mol. The van der Waals surface area contributed by atoms with Gasteiger partial charge in [0.05, 0.1) is 22.8 Å². The molecule has 1 aromatic heterocycles. The van der Waals surface area contributed by atoms with Gasteiger partial charge in [-0.15, -0.1) is 0 Å². The second kappa shape index (κ2) is 12.7. The number of nitrogens with zero attached hydrogens (tertiary/aromatic N) is 2. The van der Waals surface area contributed by atoms with E-state index in [4.69, 9.17) is 0 Å². The largest absolute Gasteiger partial charge is 0.475 e. The third-order valence-electron chi connectivity index (χ3n) is 5.42. The number of amides is 2. The van der Waals surface area contributed by atoms with Gasteiger partial charge in [0, 0.05) is 12.7 Å². The fourth-order valence-electron chi connectivity index (χ4n) is 3.53. The smallest absolute Gasteiger partial charge is 0.426 e. The van der Waals surface area contributed by atoms with Crippen molar-refractivity contribution in [1.29, 1.82) is 5.26 Å². The Hall–Kier alpha value is -4.14. The van der Waals surface area contributed by atoms with Crippen LogP contribution in [0.25, 0.3) is 11.6 Å². The minimum atomic E-state index is -4.51. The van der Waals surface area contributed by atoms with Gasteiger partial charge in [0.2, 0.25) is 0 Å². The van der Waals surface area contributed by atoms with Crippen molar-refractivity contribution in [2.45, 2.75) is 25.0 Å². The first-order valence-electron chi connectivity index (χ1n) is 11.3. The highest BCUT2D eigenvalue weighted by Crippen LogP contribution is 2.29. The summed E-state index contributed by atoms with van der Waals surface area (Å²) in [5.74, 6) is -0.890. The normalized spacial score (nSPS) is 12.4. The molecule has 7 nitrogen and oxygen atoms in total. The first-order chi connectivity index (χ1) is 17.7. The number of hydrogen-bond acceptors (Lipinski definition) is 5. The molecule has 0 spiro atoms. The van der Waals surface area contributed by atoms with E-state index >= 15 is 0 Å². The number of rotatable bonds is 9. The number of carbonyl (C=O) groups is 1. The summed E-state index contributed by atoms with van der Waals surface area (Å²) in [5.41, 5.74) is 1.66. The van der Waals surface area contributed by atoms with Crippen LogP contribution in [0.2, 0.25) is 0 Å². The first kappa shape index (κ1) is 27.5. The van der Waals surface area contributed by atoms with Crippen LogP contribution < -0.4 is 10.6 Å². The summed E-state index contributed by atoms with van der Waals surface area (Å²) in [5, 5.41) is 33.9. The summed E-state index contributed by atoms with van der Waals surface area (Å²) in [6.07, 6.45) is -1.61. The number of halogens is 3. The molecule has 0 radical (unpaired) electrons. The first-order valence-corrected chi connectivity index (χ1v) is 11.3. The van der Waals surface area contributed by atoms with Crippen molar-refractivity contribution in [3.8, 4) is 6.07 Å². The molecule has 190 valence electrons. The lowest BCUT2D eigenvalue weighted by atomic mass is 9.76. The molecule has 0 aliphatic carbocycles. The number of pyridine rings is 1. The summed E-state index contributed by atoms with van der Waals surface area (Å²) >= 11 is 0. The second-order valence-electron chi connectivity index (χ2n) is 8.20. The number of alkyl halides is 3. The molecular weight excluding hydrogens is 484 g/mol. The fourth-order valence-corrected chi connectivity index (χ4v) is 3.53. The predicted octanol–water partition coefficient (Wildman–Crippen LogP) is 3.63. The Morgan fingerprint density at radius 2 is 1.81 bits per heavy atom. The summed E-state index contributed by atoms with van der Waals surface area (Å²) in [7, 11) is -1.73. The van der Waals surface area contributed by atoms with E-state index in [1.165, 1.54) is 6.08 Å². The summed E-state index contributed by atoms with van der Waals surface area (Å²) < 4.78 is 38.3. The van der Waals surface area contributed by atoms with Crippen molar-refractivity contribution in [3.05, 3.63) is 101 Å². The van der Waals surface area contributed by atoms with Crippen molar-refractivity contribution in [2.24, 2.45) is 0 Å². The molecule has 1 unspecified atom stereocenters. The Morgan fingerprint density at radius 1 is 1.08 bits per heavy atom. The minimum absolute atomic E-state index is 0.107. The SMILES string of the molecule is N#CC(=Cc1cccc(CCNC(=O)NC(Cc2ccccc2)B(O)O)c1)c1ccc(C(F)(F)F)cn1. The molecule has 3 aromatic rings. The summed E-state index contributed by atoms with van der Waals surface area (Å²) in [6, 6.07) is 19.7. The van der Waals surface area contributed by atoms with Crippen molar-refractivity contribution in [3.63, 3.8) is 0 Å². The van der Waals surface area contributed by atoms with Crippen LogP contribution in [-0.4, -0.2) is 40.7 Å². The fraction of sp³-hybridized carbons (Fsp3) is 0.192. The van der Waals surface area contributed by atoms with E-state index in [0.29, 0.717) is 18.2 Å². The van der Waals surface area contributed by atoms with E-state index in [2.05, 4.69) is 15.6 Å². The summed E-state index contributed by atoms with van der Waals surface area (Å²) in [6.45, 7) is 0.254. The Bertz CT molecular complexity index is 1260. The highest BCUT2D eigenvalue weighted by atomic mass is 19.4. The van der Waals surface area contributed by atoms with E-state index in [1.807, 2.05) is 42.5 Å². The minimum Gasteiger partial charge on any atom is -0.426 e. The molecule has 1 heterocycles. The van der Waals surface area contributed by atoms with Crippen LogP contribution in [0.15, 0.2) is 72.9 Å². The topological polar surface area (TPSA) is 118 Å². The molecule has 4 N–H and O–H groups in total. The summed E-state index contributed by atoms with van der Waals surface area (Å²) in [4.78, 5) is 16.0. The Kier molecular flexibility index (Phi) is 9.43. The molecule has 0 saturated heterocycles. The molecule has 11 heteroatoms. The van der Waals surface area contributed by atoms with Gasteiger partial charge in [-0.1, -0.05) is 54.6 Å². The van der Waals surface area contributed by atoms with E-state index < -0.39 is 30.8 Å². The van der Waals surface area contributed by atoms with Gasteiger partial charge in [0.1, 0.15) is 6.07 Å². The number of nitriles is 1. The van der Waals surface area contributed by atoms with Crippen molar-refractivity contribution >= 4 is 24.8 Å². The van der Waals surface area contributed by atoms with Crippen molar-refractivity contribution in [1.82, 2.24) is 15.6 Å². The number of allylic oxidation sites excluding steroid dienone is 1. The Balaban J connectivity index is 1.58. The number of hydrogen-bond donors (Lipinski definition) is 4. The predicted molar refractivity (Wildman–Crippen MR) is 134 cm³/mol. The molecule has 3 rings (SSSR count). The maximum atomic E-state index is 12.8. The van der Waals surface area contributed by atoms with Gasteiger partial charge in [0.15, 0.2) is 0 Å². The Labute approximate surface area is 212 Å². The zero-order chi connectivity index (χ0) is 26.8. The van der Waals surface area contributed by atoms with Gasteiger partial charge >= 0.3 is 19.3 Å². The van der Waals surface area contributed by atoms with Crippen LogP contribution >= 0.6 is 0 Å². The van der Waals surface area contributed by atoms with Crippen LogP contribution in [0.1, 0.15) is 27.9 Å². The number of aromatic nitrogens is 1. The molecule has 2 aromatic carbocycles. The van der Waals surface area contributed by atoms with E-state index in [-0.39, 0.29) is 24.2 Å². The van der Waals surface area contributed by atoms with Crippen LogP contribution in [0, 0.1) is 11.3 Å². The van der Waals surface area contributed by atoms with Crippen LogP contribution in [-0.2, 0) is 19.0 Å². The number of urea groups is 1. The number of nitrogens with one attached hydrogen (secondary N) is 2. The van der Waals surface area contributed by atoms with Gasteiger partial charge in [-0.25, -0.2) is 4.79 Å².